The van der Waals surface area contributed by atoms with E-state index < -0.39 is 23.7 Å². The number of hydrogen-bond donors (Lipinski definition) is 3. The number of benzene rings is 2. The largest absolute Gasteiger partial charge is 0.497 e. The molecule has 0 aromatic heterocycles. The lowest BCUT2D eigenvalue weighted by Gasteiger charge is -2.18. The number of nitrogens with one attached hydrogen (secondary N) is 3. The molecule has 0 saturated heterocycles. The van der Waals surface area contributed by atoms with Crippen molar-refractivity contribution in [1.82, 2.24) is 16.0 Å². The molecular formula is C22H25F3N4O3. The Kier molecular flexibility index (Phi) is 7.12. The van der Waals surface area contributed by atoms with Gasteiger partial charge in [-0.1, -0.05) is 0 Å². The Morgan fingerprint density at radius 1 is 1.12 bits per heavy atom. The third kappa shape index (κ3) is 5.83. The van der Waals surface area contributed by atoms with Crippen molar-refractivity contribution in [2.75, 3.05) is 27.3 Å². The van der Waals surface area contributed by atoms with Crippen molar-refractivity contribution < 1.29 is 27.4 Å². The molecule has 0 radical (unpaired) electrons. The Morgan fingerprint density at radius 2 is 1.81 bits per heavy atom. The van der Waals surface area contributed by atoms with E-state index in [2.05, 4.69) is 20.9 Å². The quantitative estimate of drug-likeness (QED) is 0.603. The van der Waals surface area contributed by atoms with Gasteiger partial charge < -0.3 is 25.4 Å². The van der Waals surface area contributed by atoms with Gasteiger partial charge in [-0.05, 0) is 48.4 Å². The first kappa shape index (κ1) is 23.2. The molecular weight excluding hydrogens is 425 g/mol. The van der Waals surface area contributed by atoms with Gasteiger partial charge in [0.15, 0.2) is 5.96 Å². The van der Waals surface area contributed by atoms with E-state index in [0.717, 1.165) is 12.1 Å². The predicted octanol–water partition coefficient (Wildman–Crippen LogP) is 3.26. The minimum absolute atomic E-state index is 0.0837. The van der Waals surface area contributed by atoms with Crippen LogP contribution in [0, 0.1) is 0 Å². The summed E-state index contributed by atoms with van der Waals surface area (Å²) in [7, 11) is 3.01. The second kappa shape index (κ2) is 9.80. The summed E-state index contributed by atoms with van der Waals surface area (Å²) in [5, 5.41) is 8.68. The van der Waals surface area contributed by atoms with Gasteiger partial charge in [-0.15, -0.1) is 0 Å². The normalized spacial score (nSPS) is 14.2. The number of alkyl halides is 3. The van der Waals surface area contributed by atoms with Gasteiger partial charge in [0.05, 0.1) is 32.4 Å². The zero-order chi connectivity index (χ0) is 23.3. The van der Waals surface area contributed by atoms with Crippen LogP contribution in [0.1, 0.15) is 40.0 Å². The summed E-state index contributed by atoms with van der Waals surface area (Å²) < 4.78 is 50.8. The highest BCUT2D eigenvalue weighted by molar-refractivity contribution is 5.95. The molecule has 172 valence electrons. The van der Waals surface area contributed by atoms with Crippen molar-refractivity contribution >= 4 is 11.9 Å². The van der Waals surface area contributed by atoms with E-state index in [4.69, 9.17) is 9.47 Å². The number of rotatable bonds is 7. The summed E-state index contributed by atoms with van der Waals surface area (Å²) in [5.74, 6) is 0.976. The van der Waals surface area contributed by atoms with Crippen molar-refractivity contribution in [3.63, 3.8) is 0 Å². The second-order valence-corrected chi connectivity index (χ2v) is 7.27. The van der Waals surface area contributed by atoms with Gasteiger partial charge >= 0.3 is 6.18 Å². The summed E-state index contributed by atoms with van der Waals surface area (Å²) in [6.45, 7) is 3.10. The topological polar surface area (TPSA) is 84.0 Å². The average molecular weight is 450 g/mol. The minimum Gasteiger partial charge on any atom is -0.497 e. The fourth-order valence-electron chi connectivity index (χ4n) is 3.23. The average Bonchev–Trinajstić information content (AvgIpc) is 3.30. The van der Waals surface area contributed by atoms with Gasteiger partial charge in [-0.25, -0.2) is 0 Å². The Balaban J connectivity index is 1.82. The summed E-state index contributed by atoms with van der Waals surface area (Å²) in [6.07, 6.45) is -4.58. The summed E-state index contributed by atoms with van der Waals surface area (Å²) >= 11 is 0. The third-order valence-corrected chi connectivity index (χ3v) is 4.94. The molecule has 32 heavy (non-hydrogen) atoms. The number of carbonyl (C=O) groups is 1. The maximum atomic E-state index is 13.4. The van der Waals surface area contributed by atoms with Crippen LogP contribution in [0.4, 0.5) is 13.2 Å². The van der Waals surface area contributed by atoms with Crippen LogP contribution < -0.4 is 25.4 Å². The second-order valence-electron chi connectivity index (χ2n) is 7.27. The van der Waals surface area contributed by atoms with E-state index in [1.165, 1.54) is 20.3 Å². The zero-order valence-electron chi connectivity index (χ0n) is 18.0. The standard InChI is InChI=1S/C22H25F3N4O3/c1-13(15-9-18(31-2)11-19(10-15)32-3)29-20(30)16-6-14(7-17(8-16)22(23,24)25)12-28-21-26-4-5-27-21/h6-11,13H,4-5,12H2,1-3H3,(H,29,30)(H2,26,27,28). The molecule has 0 saturated carbocycles. The Morgan fingerprint density at radius 3 is 2.38 bits per heavy atom. The van der Waals surface area contributed by atoms with Crippen LogP contribution in [-0.2, 0) is 12.7 Å². The molecule has 0 spiro atoms. The lowest BCUT2D eigenvalue weighted by Crippen LogP contribution is -2.33. The van der Waals surface area contributed by atoms with Gasteiger partial charge in [0, 0.05) is 24.7 Å². The molecule has 2 aromatic rings. The van der Waals surface area contributed by atoms with Crippen LogP contribution in [0.2, 0.25) is 0 Å². The number of carbonyl (C=O) groups excluding carboxylic acids is 1. The number of nitrogens with zero attached hydrogens (tertiary/aromatic N) is 1. The van der Waals surface area contributed by atoms with E-state index in [-0.39, 0.29) is 12.1 Å². The SMILES string of the molecule is COc1cc(OC)cc(C(C)NC(=O)c2cc(CNC3=NCCN3)cc(C(F)(F)F)c2)c1. The maximum Gasteiger partial charge on any atom is 0.416 e. The van der Waals surface area contributed by atoms with Gasteiger partial charge in [0.25, 0.3) is 5.91 Å². The van der Waals surface area contributed by atoms with E-state index in [0.29, 0.717) is 41.7 Å². The number of hydrogen-bond acceptors (Lipinski definition) is 6. The molecule has 1 unspecified atom stereocenters. The monoisotopic (exact) mass is 450 g/mol. The smallest absolute Gasteiger partial charge is 0.416 e. The number of amides is 1. The first-order chi connectivity index (χ1) is 15.2. The predicted molar refractivity (Wildman–Crippen MR) is 114 cm³/mol. The molecule has 0 bridgehead atoms. The first-order valence-electron chi connectivity index (χ1n) is 9.97. The van der Waals surface area contributed by atoms with Crippen molar-refractivity contribution in [2.45, 2.75) is 25.7 Å². The van der Waals surface area contributed by atoms with E-state index in [9.17, 15) is 18.0 Å². The molecule has 7 nitrogen and oxygen atoms in total. The summed E-state index contributed by atoms with van der Waals surface area (Å²) in [4.78, 5) is 17.0. The number of aliphatic imine (C=N–C) groups is 1. The van der Waals surface area contributed by atoms with Gasteiger partial charge in [0.2, 0.25) is 0 Å². The van der Waals surface area contributed by atoms with E-state index in [1.807, 2.05) is 0 Å². The van der Waals surface area contributed by atoms with Crippen molar-refractivity contribution in [2.24, 2.45) is 4.99 Å². The van der Waals surface area contributed by atoms with Crippen LogP contribution in [0.5, 0.6) is 11.5 Å². The minimum atomic E-state index is -4.58. The maximum absolute atomic E-state index is 13.4. The summed E-state index contributed by atoms with van der Waals surface area (Å²) in [6, 6.07) is 7.95. The number of ether oxygens (including phenoxy) is 2. The molecule has 1 amide bonds. The molecule has 1 heterocycles. The Labute approximate surface area is 184 Å². The number of guanidine groups is 1. The van der Waals surface area contributed by atoms with Crippen LogP contribution in [-0.4, -0.2) is 39.2 Å². The fourth-order valence-corrected chi connectivity index (χ4v) is 3.23. The van der Waals surface area contributed by atoms with Gasteiger partial charge in [0.1, 0.15) is 11.5 Å². The molecule has 0 fully saturated rings. The molecule has 0 aliphatic carbocycles. The molecule has 1 atom stereocenters. The van der Waals surface area contributed by atoms with Gasteiger partial charge in [-0.3, -0.25) is 9.79 Å². The van der Waals surface area contributed by atoms with E-state index >= 15 is 0 Å². The number of methoxy groups -OCH3 is 2. The molecule has 10 heteroatoms. The number of halogens is 3. The van der Waals surface area contributed by atoms with E-state index in [1.54, 1.807) is 25.1 Å². The molecule has 3 rings (SSSR count). The zero-order valence-corrected chi connectivity index (χ0v) is 18.0. The highest BCUT2D eigenvalue weighted by atomic mass is 19.4. The fraction of sp³-hybridized carbons (Fsp3) is 0.364. The lowest BCUT2D eigenvalue weighted by atomic mass is 10.0. The van der Waals surface area contributed by atoms with Crippen LogP contribution in [0.25, 0.3) is 0 Å². The highest BCUT2D eigenvalue weighted by Crippen LogP contribution is 2.31. The van der Waals surface area contributed by atoms with Gasteiger partial charge in [-0.2, -0.15) is 13.2 Å². The van der Waals surface area contributed by atoms with Crippen LogP contribution in [0.3, 0.4) is 0 Å². The third-order valence-electron chi connectivity index (χ3n) is 4.94. The molecule has 2 aromatic carbocycles. The molecule has 3 N–H and O–H groups in total. The lowest BCUT2D eigenvalue weighted by molar-refractivity contribution is -0.137. The summed E-state index contributed by atoms with van der Waals surface area (Å²) in [5.41, 5.74) is 0.0319. The van der Waals surface area contributed by atoms with Crippen molar-refractivity contribution in [3.8, 4) is 11.5 Å². The van der Waals surface area contributed by atoms with Crippen molar-refractivity contribution in [3.05, 3.63) is 58.7 Å². The van der Waals surface area contributed by atoms with Crippen molar-refractivity contribution in [1.29, 1.82) is 0 Å². The first-order valence-corrected chi connectivity index (χ1v) is 9.97. The Hall–Kier alpha value is -3.43. The highest BCUT2D eigenvalue weighted by Gasteiger charge is 2.32. The molecule has 1 aliphatic rings. The van der Waals surface area contributed by atoms with Crippen LogP contribution in [0.15, 0.2) is 41.4 Å². The van der Waals surface area contributed by atoms with Crippen LogP contribution >= 0.6 is 0 Å². The Bertz CT molecular complexity index is 986. The molecule has 1 aliphatic heterocycles.